The minimum absolute atomic E-state index is 0.448. The monoisotopic (exact) mass is 233 g/mol. The molecular formula is C14H23N3. The maximum atomic E-state index is 5.62. The first-order valence-corrected chi connectivity index (χ1v) is 6.46. The molecule has 1 aromatic rings. The molecule has 0 aromatic carbocycles. The van der Waals surface area contributed by atoms with E-state index in [4.69, 9.17) is 5.73 Å². The quantitative estimate of drug-likeness (QED) is 0.870. The lowest BCUT2D eigenvalue weighted by molar-refractivity contribution is 0.110. The molecule has 17 heavy (non-hydrogen) atoms. The minimum atomic E-state index is 0.448. The van der Waals surface area contributed by atoms with Crippen LogP contribution in [0.25, 0.3) is 0 Å². The zero-order valence-corrected chi connectivity index (χ0v) is 10.9. The Kier molecular flexibility index (Phi) is 3.79. The fourth-order valence-electron chi connectivity index (χ4n) is 2.64. The van der Waals surface area contributed by atoms with E-state index in [1.807, 2.05) is 6.07 Å². The van der Waals surface area contributed by atoms with Crippen molar-refractivity contribution in [1.29, 1.82) is 0 Å². The third-order valence-electron chi connectivity index (χ3n) is 3.44. The number of aromatic nitrogens is 1. The molecule has 2 heterocycles. The van der Waals surface area contributed by atoms with Crippen molar-refractivity contribution in [2.24, 2.45) is 11.1 Å². The molecule has 1 aliphatic heterocycles. The molecule has 2 N–H and O–H groups in total. The van der Waals surface area contributed by atoms with Crippen molar-refractivity contribution in [1.82, 2.24) is 9.88 Å². The second-order valence-corrected chi connectivity index (χ2v) is 5.80. The van der Waals surface area contributed by atoms with Crippen molar-refractivity contribution in [2.75, 3.05) is 13.1 Å². The average Bonchev–Trinajstić information content (AvgIpc) is 2.28. The number of hydrogen-bond donors (Lipinski definition) is 1. The zero-order valence-electron chi connectivity index (χ0n) is 10.9. The predicted octanol–water partition coefficient (Wildman–Crippen LogP) is 2.16. The van der Waals surface area contributed by atoms with Crippen molar-refractivity contribution in [3.05, 3.63) is 29.6 Å². The molecule has 0 atom stereocenters. The summed E-state index contributed by atoms with van der Waals surface area (Å²) in [5, 5.41) is 0. The summed E-state index contributed by atoms with van der Waals surface area (Å²) in [6.45, 7) is 8.54. The van der Waals surface area contributed by atoms with Crippen LogP contribution in [-0.2, 0) is 13.1 Å². The first-order chi connectivity index (χ1) is 8.09. The van der Waals surface area contributed by atoms with Crippen molar-refractivity contribution >= 4 is 0 Å². The van der Waals surface area contributed by atoms with Gasteiger partial charge in [0.05, 0.1) is 11.4 Å². The maximum Gasteiger partial charge on any atom is 0.0547 e. The van der Waals surface area contributed by atoms with Crippen LogP contribution >= 0.6 is 0 Å². The van der Waals surface area contributed by atoms with Crippen LogP contribution in [0.4, 0.5) is 0 Å². The fourth-order valence-corrected chi connectivity index (χ4v) is 2.64. The molecule has 0 radical (unpaired) electrons. The maximum absolute atomic E-state index is 5.62. The van der Waals surface area contributed by atoms with E-state index in [-0.39, 0.29) is 0 Å². The van der Waals surface area contributed by atoms with E-state index in [1.54, 1.807) is 0 Å². The van der Waals surface area contributed by atoms with E-state index < -0.39 is 0 Å². The highest BCUT2D eigenvalue weighted by Gasteiger charge is 2.26. The van der Waals surface area contributed by atoms with E-state index in [0.29, 0.717) is 12.0 Å². The Hall–Kier alpha value is -0.930. The summed E-state index contributed by atoms with van der Waals surface area (Å²) >= 11 is 0. The first kappa shape index (κ1) is 12.5. The average molecular weight is 233 g/mol. The Morgan fingerprint density at radius 1 is 1.35 bits per heavy atom. The predicted molar refractivity (Wildman–Crippen MR) is 70.4 cm³/mol. The Bertz CT molecular complexity index is 373. The van der Waals surface area contributed by atoms with Gasteiger partial charge in [0.25, 0.3) is 0 Å². The Morgan fingerprint density at radius 3 is 2.82 bits per heavy atom. The van der Waals surface area contributed by atoms with Gasteiger partial charge in [0.1, 0.15) is 0 Å². The lowest BCUT2D eigenvalue weighted by Gasteiger charge is -2.37. The highest BCUT2D eigenvalue weighted by Crippen LogP contribution is 2.28. The lowest BCUT2D eigenvalue weighted by atomic mass is 9.84. The Balaban J connectivity index is 2.00. The molecule has 0 bridgehead atoms. The highest BCUT2D eigenvalue weighted by molar-refractivity contribution is 5.11. The molecule has 0 aliphatic carbocycles. The van der Waals surface area contributed by atoms with Gasteiger partial charge in [-0.1, -0.05) is 19.9 Å². The normalized spacial score (nSPS) is 20.4. The zero-order chi connectivity index (χ0) is 12.3. The fraction of sp³-hybridized carbons (Fsp3) is 0.643. The number of pyridine rings is 1. The largest absolute Gasteiger partial charge is 0.325 e. The Morgan fingerprint density at radius 2 is 2.12 bits per heavy atom. The van der Waals surface area contributed by atoms with Gasteiger partial charge in [-0.3, -0.25) is 9.88 Å². The number of piperidine rings is 1. The summed E-state index contributed by atoms with van der Waals surface area (Å²) < 4.78 is 0. The number of likely N-dealkylation sites (tertiary alicyclic amines) is 1. The molecule has 1 aliphatic rings. The van der Waals surface area contributed by atoms with Gasteiger partial charge < -0.3 is 5.73 Å². The van der Waals surface area contributed by atoms with Crippen LogP contribution in [0, 0.1) is 5.41 Å². The smallest absolute Gasteiger partial charge is 0.0547 e. The summed E-state index contributed by atoms with van der Waals surface area (Å²) in [5.41, 5.74) is 8.20. The van der Waals surface area contributed by atoms with Gasteiger partial charge in [0.15, 0.2) is 0 Å². The van der Waals surface area contributed by atoms with Gasteiger partial charge in [-0.05, 0) is 36.9 Å². The van der Waals surface area contributed by atoms with E-state index in [0.717, 1.165) is 17.9 Å². The standard InChI is InChI=1S/C14H23N3/c1-14(2)7-4-8-17(11-14)10-13-6-3-5-12(9-15)16-13/h3,5-6H,4,7-11,15H2,1-2H3. The van der Waals surface area contributed by atoms with Gasteiger partial charge in [-0.2, -0.15) is 0 Å². The molecular weight excluding hydrogens is 210 g/mol. The molecule has 0 amide bonds. The summed E-state index contributed by atoms with van der Waals surface area (Å²) in [6.07, 6.45) is 2.63. The van der Waals surface area contributed by atoms with E-state index in [9.17, 15) is 0 Å². The van der Waals surface area contributed by atoms with Crippen LogP contribution in [0.3, 0.4) is 0 Å². The second kappa shape index (κ2) is 5.15. The lowest BCUT2D eigenvalue weighted by Crippen LogP contribution is -2.39. The van der Waals surface area contributed by atoms with Gasteiger partial charge in [0, 0.05) is 19.6 Å². The molecule has 2 rings (SSSR count). The van der Waals surface area contributed by atoms with Gasteiger partial charge >= 0.3 is 0 Å². The molecule has 1 aromatic heterocycles. The van der Waals surface area contributed by atoms with Crippen molar-refractivity contribution in [3.8, 4) is 0 Å². The summed E-state index contributed by atoms with van der Waals surface area (Å²) in [4.78, 5) is 7.07. The van der Waals surface area contributed by atoms with Crippen molar-refractivity contribution < 1.29 is 0 Å². The summed E-state index contributed by atoms with van der Waals surface area (Å²) in [7, 11) is 0. The molecule has 0 unspecified atom stereocenters. The van der Waals surface area contributed by atoms with E-state index in [1.165, 1.54) is 25.9 Å². The molecule has 3 heteroatoms. The molecule has 0 spiro atoms. The van der Waals surface area contributed by atoms with Crippen LogP contribution < -0.4 is 5.73 Å². The van der Waals surface area contributed by atoms with Gasteiger partial charge in [-0.15, -0.1) is 0 Å². The van der Waals surface area contributed by atoms with Crippen LogP contribution in [0.1, 0.15) is 38.1 Å². The summed E-state index contributed by atoms with van der Waals surface area (Å²) in [5.74, 6) is 0. The SMILES string of the molecule is CC1(C)CCCN(Cc2cccc(CN)n2)C1. The molecule has 3 nitrogen and oxygen atoms in total. The van der Waals surface area contributed by atoms with E-state index >= 15 is 0 Å². The van der Waals surface area contributed by atoms with Crippen LogP contribution in [-0.4, -0.2) is 23.0 Å². The van der Waals surface area contributed by atoms with Gasteiger partial charge in [0.2, 0.25) is 0 Å². The van der Waals surface area contributed by atoms with Crippen LogP contribution in [0.15, 0.2) is 18.2 Å². The van der Waals surface area contributed by atoms with Gasteiger partial charge in [-0.25, -0.2) is 0 Å². The summed E-state index contributed by atoms with van der Waals surface area (Å²) in [6, 6.07) is 6.14. The Labute approximate surface area is 104 Å². The first-order valence-electron chi connectivity index (χ1n) is 6.46. The molecule has 1 fully saturated rings. The number of hydrogen-bond acceptors (Lipinski definition) is 3. The third-order valence-corrected chi connectivity index (χ3v) is 3.44. The minimum Gasteiger partial charge on any atom is -0.325 e. The molecule has 94 valence electrons. The number of nitrogens with zero attached hydrogens (tertiary/aromatic N) is 2. The second-order valence-electron chi connectivity index (χ2n) is 5.80. The number of rotatable bonds is 3. The highest BCUT2D eigenvalue weighted by atomic mass is 15.1. The third kappa shape index (κ3) is 3.51. The van der Waals surface area contributed by atoms with Crippen LogP contribution in [0.5, 0.6) is 0 Å². The van der Waals surface area contributed by atoms with Crippen molar-refractivity contribution in [3.63, 3.8) is 0 Å². The van der Waals surface area contributed by atoms with Crippen LogP contribution in [0.2, 0.25) is 0 Å². The molecule has 0 saturated carbocycles. The van der Waals surface area contributed by atoms with E-state index in [2.05, 4.69) is 35.9 Å². The van der Waals surface area contributed by atoms with Crippen molar-refractivity contribution in [2.45, 2.75) is 39.8 Å². The number of nitrogens with two attached hydrogens (primary N) is 1. The topological polar surface area (TPSA) is 42.1 Å². The molecule has 1 saturated heterocycles.